The molecule has 1 aromatic rings. The first-order valence-corrected chi connectivity index (χ1v) is 10.4. The lowest BCUT2D eigenvalue weighted by Gasteiger charge is -2.17. The van der Waals surface area contributed by atoms with E-state index in [0.29, 0.717) is 29.3 Å². The molecule has 10 heteroatoms. The zero-order valence-electron chi connectivity index (χ0n) is 15.0. The lowest BCUT2D eigenvalue weighted by Crippen LogP contribution is -2.32. The number of thioether (sulfide) groups is 2. The van der Waals surface area contributed by atoms with Gasteiger partial charge < -0.3 is 15.6 Å². The molecule has 2 N–H and O–H groups in total. The van der Waals surface area contributed by atoms with E-state index >= 15 is 0 Å². The highest BCUT2D eigenvalue weighted by molar-refractivity contribution is 8.00. The van der Waals surface area contributed by atoms with Gasteiger partial charge in [-0.15, -0.1) is 10.2 Å². The van der Waals surface area contributed by atoms with Crippen molar-refractivity contribution in [2.45, 2.75) is 37.0 Å². The van der Waals surface area contributed by atoms with Gasteiger partial charge in [-0.25, -0.2) is 4.68 Å². The smallest absolute Gasteiger partial charge is 0.233 e. The zero-order chi connectivity index (χ0) is 18.4. The molecule has 0 spiro atoms. The molecular formula is C15H26N6O2S2. The topological polar surface area (TPSA) is 97.4 Å². The number of hydrogen-bond donors (Lipinski definition) is 1. The second-order valence-electron chi connectivity index (χ2n) is 6.00. The molecule has 0 aliphatic heterocycles. The molecule has 25 heavy (non-hydrogen) atoms. The quantitative estimate of drug-likeness (QED) is 0.471. The maximum Gasteiger partial charge on any atom is 0.233 e. The van der Waals surface area contributed by atoms with Crippen LogP contribution in [-0.4, -0.2) is 74.7 Å². The molecule has 1 saturated carbocycles. The summed E-state index contributed by atoms with van der Waals surface area (Å²) in [7, 11) is 1.83. The molecule has 0 aromatic carbocycles. The van der Waals surface area contributed by atoms with E-state index < -0.39 is 0 Å². The molecule has 0 saturated heterocycles. The van der Waals surface area contributed by atoms with Crippen molar-refractivity contribution in [3.05, 3.63) is 0 Å². The lowest BCUT2D eigenvalue weighted by molar-refractivity contribution is -0.128. The van der Waals surface area contributed by atoms with Crippen molar-refractivity contribution >= 4 is 35.3 Å². The molecular weight excluding hydrogens is 360 g/mol. The SMILES string of the molecule is CCN(CC)C(=O)CSc1nnc(SCC(=O)N(C)CC2CC2)n1N. The van der Waals surface area contributed by atoms with E-state index in [1.54, 1.807) is 9.80 Å². The summed E-state index contributed by atoms with van der Waals surface area (Å²) in [4.78, 5) is 27.7. The number of nitrogens with zero attached hydrogens (tertiary/aromatic N) is 5. The Hall–Kier alpha value is -1.42. The summed E-state index contributed by atoms with van der Waals surface area (Å²) >= 11 is 2.52. The van der Waals surface area contributed by atoms with Gasteiger partial charge >= 0.3 is 0 Å². The van der Waals surface area contributed by atoms with Gasteiger partial charge in [-0.1, -0.05) is 23.5 Å². The van der Waals surface area contributed by atoms with E-state index in [4.69, 9.17) is 5.84 Å². The standard InChI is InChI=1S/C15H26N6O2S2/c1-4-20(5-2)13(23)10-25-15-18-17-14(21(15)16)24-9-12(22)19(3)8-11-6-7-11/h11H,4-10,16H2,1-3H3. The van der Waals surface area contributed by atoms with Crippen molar-refractivity contribution in [1.82, 2.24) is 24.7 Å². The molecule has 8 nitrogen and oxygen atoms in total. The third-order valence-corrected chi connectivity index (χ3v) is 5.91. The Labute approximate surface area is 156 Å². The third-order valence-electron chi connectivity index (χ3n) is 4.05. The maximum atomic E-state index is 12.1. The Bertz CT molecular complexity index is 601. The van der Waals surface area contributed by atoms with Gasteiger partial charge in [0.2, 0.25) is 22.1 Å². The molecule has 0 unspecified atom stereocenters. The fourth-order valence-electron chi connectivity index (χ4n) is 2.28. The van der Waals surface area contributed by atoms with Crippen LogP contribution >= 0.6 is 23.5 Å². The molecule has 0 bridgehead atoms. The minimum atomic E-state index is 0.0454. The van der Waals surface area contributed by atoms with Crippen molar-refractivity contribution in [2.75, 3.05) is 44.0 Å². The largest absolute Gasteiger partial charge is 0.345 e. The van der Waals surface area contributed by atoms with Crippen LogP contribution in [0.2, 0.25) is 0 Å². The van der Waals surface area contributed by atoms with Crippen LogP contribution in [0, 0.1) is 5.92 Å². The van der Waals surface area contributed by atoms with Crippen LogP contribution in [-0.2, 0) is 9.59 Å². The number of aromatic nitrogens is 3. The van der Waals surface area contributed by atoms with Crippen molar-refractivity contribution in [2.24, 2.45) is 5.92 Å². The van der Waals surface area contributed by atoms with Crippen LogP contribution < -0.4 is 5.84 Å². The van der Waals surface area contributed by atoms with Gasteiger partial charge in [0, 0.05) is 26.7 Å². The predicted octanol–water partition coefficient (Wildman–Crippen LogP) is 0.913. The van der Waals surface area contributed by atoms with Gasteiger partial charge in [-0.3, -0.25) is 9.59 Å². The number of nitrogen functional groups attached to an aromatic ring is 1. The average Bonchev–Trinajstić information content (AvgIpc) is 3.34. The van der Waals surface area contributed by atoms with Crippen molar-refractivity contribution in [3.8, 4) is 0 Å². The highest BCUT2D eigenvalue weighted by Crippen LogP contribution is 2.29. The second-order valence-corrected chi connectivity index (χ2v) is 7.88. The summed E-state index contributed by atoms with van der Waals surface area (Å²) in [5.74, 6) is 7.31. The van der Waals surface area contributed by atoms with Crippen molar-refractivity contribution in [3.63, 3.8) is 0 Å². The van der Waals surface area contributed by atoms with E-state index in [0.717, 1.165) is 6.54 Å². The Kier molecular flexibility index (Phi) is 7.42. The summed E-state index contributed by atoms with van der Waals surface area (Å²) < 4.78 is 1.35. The molecule has 1 aromatic heterocycles. The summed E-state index contributed by atoms with van der Waals surface area (Å²) in [6, 6.07) is 0. The lowest BCUT2D eigenvalue weighted by atomic mass is 10.4. The van der Waals surface area contributed by atoms with Gasteiger partial charge in [-0.05, 0) is 32.6 Å². The molecule has 1 fully saturated rings. The Balaban J connectivity index is 1.81. The van der Waals surface area contributed by atoms with Crippen molar-refractivity contribution < 1.29 is 9.59 Å². The highest BCUT2D eigenvalue weighted by atomic mass is 32.2. The Morgan fingerprint density at radius 1 is 1.12 bits per heavy atom. The molecule has 1 aliphatic carbocycles. The first kappa shape index (κ1) is 19.9. The predicted molar refractivity (Wildman–Crippen MR) is 99.9 cm³/mol. The van der Waals surface area contributed by atoms with Crippen LogP contribution in [0.4, 0.5) is 0 Å². The summed E-state index contributed by atoms with van der Waals surface area (Å²) in [6.45, 7) is 6.09. The first-order valence-electron chi connectivity index (χ1n) is 8.44. The van der Waals surface area contributed by atoms with Gasteiger partial charge in [0.1, 0.15) is 0 Å². The second kappa shape index (κ2) is 9.33. The monoisotopic (exact) mass is 386 g/mol. The van der Waals surface area contributed by atoms with Gasteiger partial charge in [0.25, 0.3) is 0 Å². The molecule has 1 heterocycles. The first-order chi connectivity index (χ1) is 12.0. The number of nitrogens with two attached hydrogens (primary N) is 1. The molecule has 2 rings (SSSR count). The van der Waals surface area contributed by atoms with Crippen molar-refractivity contribution in [1.29, 1.82) is 0 Å². The van der Waals surface area contributed by atoms with E-state index in [-0.39, 0.29) is 23.3 Å². The molecule has 0 atom stereocenters. The average molecular weight is 387 g/mol. The fourth-order valence-corrected chi connectivity index (χ4v) is 3.89. The van der Waals surface area contributed by atoms with E-state index in [2.05, 4.69) is 10.2 Å². The highest BCUT2D eigenvalue weighted by Gasteiger charge is 2.25. The van der Waals surface area contributed by atoms with Gasteiger partial charge in [0.05, 0.1) is 11.5 Å². The summed E-state index contributed by atoms with van der Waals surface area (Å²) in [6.07, 6.45) is 2.43. The van der Waals surface area contributed by atoms with E-state index in [9.17, 15) is 9.59 Å². The van der Waals surface area contributed by atoms with Crippen LogP contribution in [0.25, 0.3) is 0 Å². The van der Waals surface area contributed by atoms with Gasteiger partial charge in [-0.2, -0.15) is 0 Å². The number of amides is 2. The van der Waals surface area contributed by atoms with E-state index in [1.165, 1.54) is 41.0 Å². The molecule has 140 valence electrons. The normalized spacial score (nSPS) is 13.7. The summed E-state index contributed by atoms with van der Waals surface area (Å²) in [5, 5.41) is 8.98. The van der Waals surface area contributed by atoms with Crippen LogP contribution in [0.1, 0.15) is 26.7 Å². The van der Waals surface area contributed by atoms with Crippen LogP contribution in [0.5, 0.6) is 0 Å². The maximum absolute atomic E-state index is 12.1. The number of rotatable bonds is 10. The third kappa shape index (κ3) is 5.81. The minimum absolute atomic E-state index is 0.0454. The minimum Gasteiger partial charge on any atom is -0.345 e. The molecule has 2 amide bonds. The fraction of sp³-hybridized carbons (Fsp3) is 0.733. The number of hydrogen-bond acceptors (Lipinski definition) is 7. The van der Waals surface area contributed by atoms with Crippen LogP contribution in [0.3, 0.4) is 0 Å². The van der Waals surface area contributed by atoms with Crippen LogP contribution in [0.15, 0.2) is 10.3 Å². The van der Waals surface area contributed by atoms with Gasteiger partial charge in [0.15, 0.2) is 0 Å². The molecule has 1 aliphatic rings. The number of carbonyl (C=O) groups is 2. The Morgan fingerprint density at radius 3 is 2.12 bits per heavy atom. The van der Waals surface area contributed by atoms with E-state index in [1.807, 2.05) is 20.9 Å². The molecule has 0 radical (unpaired) electrons. The number of carbonyl (C=O) groups excluding carboxylic acids is 2. The summed E-state index contributed by atoms with van der Waals surface area (Å²) in [5.41, 5.74) is 0. The Morgan fingerprint density at radius 2 is 1.64 bits per heavy atom. The zero-order valence-corrected chi connectivity index (χ0v) is 16.6.